The summed E-state index contributed by atoms with van der Waals surface area (Å²) in [6, 6.07) is 5.62. The van der Waals surface area contributed by atoms with Crippen LogP contribution in [-0.4, -0.2) is 30.8 Å². The number of rotatable bonds is 6. The molecule has 2 N–H and O–H groups in total. The van der Waals surface area contributed by atoms with Crippen molar-refractivity contribution in [1.29, 1.82) is 0 Å². The maximum absolute atomic E-state index is 11.3. The third-order valence-electron chi connectivity index (χ3n) is 2.57. The van der Waals surface area contributed by atoms with Crippen molar-refractivity contribution in [2.45, 2.75) is 13.8 Å². The van der Waals surface area contributed by atoms with Crippen molar-refractivity contribution in [2.75, 3.05) is 25.0 Å². The molecule has 0 fully saturated rings. The highest BCUT2D eigenvalue weighted by molar-refractivity contribution is 6.31. The summed E-state index contributed by atoms with van der Waals surface area (Å²) in [5.41, 5.74) is 1.35. The molecule has 0 aliphatic heterocycles. The molecule has 0 bridgehead atoms. The molecule has 7 heteroatoms. The second-order valence-corrected chi connectivity index (χ2v) is 5.41. The van der Waals surface area contributed by atoms with Crippen LogP contribution in [0.15, 0.2) is 22.6 Å². The summed E-state index contributed by atoms with van der Waals surface area (Å²) < 4.78 is 10.5. The molecule has 1 heterocycles. The number of carbonyl (C=O) groups is 1. The Morgan fingerprint density at radius 1 is 1.43 bits per heavy atom. The van der Waals surface area contributed by atoms with Gasteiger partial charge >= 0.3 is 6.09 Å². The van der Waals surface area contributed by atoms with Gasteiger partial charge in [-0.05, 0) is 24.1 Å². The molecular formula is C14H18ClN3O3. The van der Waals surface area contributed by atoms with Gasteiger partial charge in [-0.25, -0.2) is 4.79 Å². The summed E-state index contributed by atoms with van der Waals surface area (Å²) in [5, 5.41) is 6.23. The lowest BCUT2D eigenvalue weighted by molar-refractivity contribution is 0.133. The van der Waals surface area contributed by atoms with Gasteiger partial charge in [0.1, 0.15) is 5.52 Å². The second-order valence-electron chi connectivity index (χ2n) is 4.98. The fraction of sp³-hybridized carbons (Fsp3) is 0.429. The third kappa shape index (κ3) is 4.82. The number of hydrogen-bond donors (Lipinski definition) is 2. The van der Waals surface area contributed by atoms with Crippen molar-refractivity contribution in [1.82, 2.24) is 10.3 Å². The largest absolute Gasteiger partial charge is 0.449 e. The Bertz CT molecular complexity index is 613. The van der Waals surface area contributed by atoms with Gasteiger partial charge in [0.25, 0.3) is 6.01 Å². The first-order valence-corrected chi connectivity index (χ1v) is 7.13. The minimum Gasteiger partial charge on any atom is -0.449 e. The minimum atomic E-state index is -0.421. The Morgan fingerprint density at radius 3 is 3.00 bits per heavy atom. The van der Waals surface area contributed by atoms with Crippen LogP contribution in [0.2, 0.25) is 5.02 Å². The van der Waals surface area contributed by atoms with Gasteiger partial charge in [0, 0.05) is 18.1 Å². The van der Waals surface area contributed by atoms with E-state index in [0.717, 1.165) is 0 Å². The van der Waals surface area contributed by atoms with Crippen LogP contribution >= 0.6 is 11.6 Å². The summed E-state index contributed by atoms with van der Waals surface area (Å²) >= 11 is 5.88. The van der Waals surface area contributed by atoms with E-state index in [1.54, 1.807) is 18.2 Å². The number of ether oxygens (including phenoxy) is 1. The van der Waals surface area contributed by atoms with Crippen LogP contribution in [0.5, 0.6) is 0 Å². The number of anilines is 1. The van der Waals surface area contributed by atoms with E-state index in [9.17, 15) is 4.79 Å². The van der Waals surface area contributed by atoms with Gasteiger partial charge in [-0.2, -0.15) is 4.98 Å². The number of aromatic nitrogens is 1. The van der Waals surface area contributed by atoms with Crippen LogP contribution in [0.1, 0.15) is 13.8 Å². The van der Waals surface area contributed by atoms with Crippen molar-refractivity contribution in [3.8, 4) is 0 Å². The van der Waals surface area contributed by atoms with Gasteiger partial charge in [0.2, 0.25) is 0 Å². The quantitative estimate of drug-likeness (QED) is 0.801. The first kappa shape index (κ1) is 15.4. The molecule has 1 aromatic carbocycles. The van der Waals surface area contributed by atoms with Crippen molar-refractivity contribution in [3.63, 3.8) is 0 Å². The molecule has 114 valence electrons. The Hall–Kier alpha value is -1.95. The van der Waals surface area contributed by atoms with Gasteiger partial charge in [-0.15, -0.1) is 0 Å². The first-order chi connectivity index (χ1) is 10.0. The number of halogens is 1. The predicted octanol–water partition coefficient (Wildman–Crippen LogP) is 3.28. The monoisotopic (exact) mass is 311 g/mol. The molecule has 0 aliphatic rings. The lowest BCUT2D eigenvalue weighted by Gasteiger charge is -2.08. The standard InChI is InChI=1S/C14H18ClN3O3/c1-9(2)8-20-14(19)17-6-5-16-13-18-11-7-10(15)3-4-12(11)21-13/h3-4,7,9H,5-6,8H2,1-2H3,(H,16,18)(H,17,19). The van der Waals surface area contributed by atoms with E-state index in [4.69, 9.17) is 20.8 Å². The molecule has 0 spiro atoms. The van der Waals surface area contributed by atoms with Crippen LogP contribution < -0.4 is 10.6 Å². The molecule has 0 saturated heterocycles. The Balaban J connectivity index is 1.73. The van der Waals surface area contributed by atoms with E-state index in [1.807, 2.05) is 13.8 Å². The molecule has 0 unspecified atom stereocenters. The maximum Gasteiger partial charge on any atom is 0.407 e. The Kier molecular flexibility index (Phi) is 5.27. The maximum atomic E-state index is 11.3. The van der Waals surface area contributed by atoms with Gasteiger partial charge in [-0.3, -0.25) is 0 Å². The third-order valence-corrected chi connectivity index (χ3v) is 2.80. The highest BCUT2D eigenvalue weighted by atomic mass is 35.5. The molecule has 1 aromatic heterocycles. The average Bonchev–Trinajstić information content (AvgIpc) is 2.83. The molecule has 0 atom stereocenters. The zero-order valence-corrected chi connectivity index (χ0v) is 12.7. The highest BCUT2D eigenvalue weighted by Gasteiger charge is 2.06. The summed E-state index contributed by atoms with van der Waals surface area (Å²) in [7, 11) is 0. The fourth-order valence-electron chi connectivity index (χ4n) is 1.60. The van der Waals surface area contributed by atoms with E-state index in [1.165, 1.54) is 0 Å². The van der Waals surface area contributed by atoms with Gasteiger partial charge < -0.3 is 19.8 Å². The van der Waals surface area contributed by atoms with E-state index in [0.29, 0.717) is 47.8 Å². The molecule has 0 radical (unpaired) electrons. The number of benzene rings is 1. The molecule has 1 amide bonds. The molecule has 2 aromatic rings. The normalized spacial score (nSPS) is 10.9. The fourth-order valence-corrected chi connectivity index (χ4v) is 1.77. The minimum absolute atomic E-state index is 0.320. The number of alkyl carbamates (subject to hydrolysis) is 1. The highest BCUT2D eigenvalue weighted by Crippen LogP contribution is 2.21. The summed E-state index contributed by atoms with van der Waals surface area (Å²) in [6.07, 6.45) is -0.421. The van der Waals surface area contributed by atoms with Crippen LogP contribution in [0, 0.1) is 5.92 Å². The topological polar surface area (TPSA) is 76.4 Å². The number of fused-ring (bicyclic) bond motifs is 1. The van der Waals surface area contributed by atoms with Crippen LogP contribution in [0.25, 0.3) is 11.1 Å². The van der Waals surface area contributed by atoms with Crippen LogP contribution in [0.3, 0.4) is 0 Å². The van der Waals surface area contributed by atoms with Crippen molar-refractivity contribution in [2.24, 2.45) is 5.92 Å². The number of nitrogens with zero attached hydrogens (tertiary/aromatic N) is 1. The molecule has 6 nitrogen and oxygen atoms in total. The lowest BCUT2D eigenvalue weighted by Crippen LogP contribution is -2.30. The summed E-state index contributed by atoms with van der Waals surface area (Å²) in [6.45, 7) is 5.27. The van der Waals surface area contributed by atoms with Crippen LogP contribution in [0.4, 0.5) is 10.8 Å². The summed E-state index contributed by atoms with van der Waals surface area (Å²) in [5.74, 6) is 0.320. The van der Waals surface area contributed by atoms with Gasteiger partial charge in [-0.1, -0.05) is 25.4 Å². The number of carbonyl (C=O) groups excluding carboxylic acids is 1. The average molecular weight is 312 g/mol. The molecule has 2 rings (SSSR count). The van der Waals surface area contributed by atoms with Gasteiger partial charge in [0.15, 0.2) is 5.58 Å². The van der Waals surface area contributed by atoms with E-state index in [2.05, 4.69) is 15.6 Å². The summed E-state index contributed by atoms with van der Waals surface area (Å²) in [4.78, 5) is 15.6. The van der Waals surface area contributed by atoms with Crippen molar-refractivity contribution in [3.05, 3.63) is 23.2 Å². The zero-order valence-electron chi connectivity index (χ0n) is 12.0. The first-order valence-electron chi connectivity index (χ1n) is 6.75. The molecule has 0 saturated carbocycles. The Morgan fingerprint density at radius 2 is 2.24 bits per heavy atom. The number of nitrogens with one attached hydrogen (secondary N) is 2. The van der Waals surface area contributed by atoms with Crippen LogP contribution in [-0.2, 0) is 4.74 Å². The smallest absolute Gasteiger partial charge is 0.407 e. The number of hydrogen-bond acceptors (Lipinski definition) is 5. The number of oxazole rings is 1. The molecular weight excluding hydrogens is 294 g/mol. The van der Waals surface area contributed by atoms with Crippen molar-refractivity contribution < 1.29 is 13.9 Å². The van der Waals surface area contributed by atoms with E-state index in [-0.39, 0.29) is 0 Å². The van der Waals surface area contributed by atoms with E-state index < -0.39 is 6.09 Å². The molecule has 21 heavy (non-hydrogen) atoms. The zero-order chi connectivity index (χ0) is 15.2. The van der Waals surface area contributed by atoms with Gasteiger partial charge in [0.05, 0.1) is 6.61 Å². The lowest BCUT2D eigenvalue weighted by atomic mass is 10.2. The van der Waals surface area contributed by atoms with E-state index >= 15 is 0 Å². The molecule has 0 aliphatic carbocycles. The Labute approximate surface area is 127 Å². The second kappa shape index (κ2) is 7.17. The SMILES string of the molecule is CC(C)COC(=O)NCCNc1nc2cc(Cl)ccc2o1. The predicted molar refractivity (Wildman–Crippen MR) is 81.7 cm³/mol. The number of amides is 1. The van der Waals surface area contributed by atoms with Crippen molar-refractivity contribution >= 4 is 34.8 Å².